The highest BCUT2D eigenvalue weighted by Crippen LogP contribution is 2.62. The van der Waals surface area contributed by atoms with Crippen LogP contribution in [0.3, 0.4) is 0 Å². The van der Waals surface area contributed by atoms with Crippen LogP contribution in [0.5, 0.6) is 0 Å². The van der Waals surface area contributed by atoms with Gasteiger partial charge in [-0.3, -0.25) is 0 Å². The second-order valence-electron chi connectivity index (χ2n) is 5.36. The molecule has 112 valence electrons. The molecule has 1 fully saturated rings. The summed E-state index contributed by atoms with van der Waals surface area (Å²) in [6.45, 7) is 2.82. The van der Waals surface area contributed by atoms with Gasteiger partial charge in [0.15, 0.2) is 9.84 Å². The van der Waals surface area contributed by atoms with Gasteiger partial charge >= 0.3 is 0 Å². The topological polar surface area (TPSA) is 69.4 Å². The number of rotatable bonds is 6. The Balaban J connectivity index is 2.39. The van der Waals surface area contributed by atoms with E-state index in [0.29, 0.717) is 12.2 Å². The van der Waals surface area contributed by atoms with Crippen molar-refractivity contribution < 1.29 is 17.5 Å². The van der Waals surface area contributed by atoms with E-state index >= 15 is 0 Å². The van der Waals surface area contributed by atoms with Crippen molar-refractivity contribution in [2.24, 2.45) is 11.1 Å². The summed E-state index contributed by atoms with van der Waals surface area (Å²) >= 11 is 0. The van der Waals surface area contributed by atoms with Crippen LogP contribution in [-0.4, -0.2) is 39.7 Å². The van der Waals surface area contributed by atoms with E-state index in [1.165, 1.54) is 18.4 Å². The number of halogens is 1. The molecule has 6 heteroatoms. The number of hydrogen-bond donors (Lipinski definition) is 1. The van der Waals surface area contributed by atoms with Gasteiger partial charge in [-0.15, -0.1) is 0 Å². The summed E-state index contributed by atoms with van der Waals surface area (Å²) < 4.78 is 42.8. The zero-order valence-electron chi connectivity index (χ0n) is 11.7. The molecule has 1 aliphatic carbocycles. The molecule has 3 atom stereocenters. The third-order valence-electron chi connectivity index (χ3n) is 4.00. The molecule has 0 radical (unpaired) electrons. The lowest BCUT2D eigenvalue weighted by Crippen LogP contribution is -2.28. The van der Waals surface area contributed by atoms with E-state index in [1.54, 1.807) is 12.1 Å². The molecule has 2 N–H and O–H groups in total. The molecule has 1 aromatic rings. The normalized spacial score (nSPS) is 29.4. The average Bonchev–Trinajstić information content (AvgIpc) is 3.06. The maximum absolute atomic E-state index is 13.4. The minimum atomic E-state index is -3.27. The van der Waals surface area contributed by atoms with Gasteiger partial charge in [-0.25, -0.2) is 12.8 Å². The van der Waals surface area contributed by atoms with Crippen LogP contribution in [0.4, 0.5) is 4.39 Å². The summed E-state index contributed by atoms with van der Waals surface area (Å²) in [4.78, 5) is 0. The smallest absolute Gasteiger partial charge is 0.151 e. The molecule has 0 saturated heterocycles. The van der Waals surface area contributed by atoms with E-state index in [-0.39, 0.29) is 24.9 Å². The van der Waals surface area contributed by atoms with Gasteiger partial charge in [0.1, 0.15) is 5.82 Å². The van der Waals surface area contributed by atoms with Crippen molar-refractivity contribution in [2.75, 3.05) is 26.0 Å². The maximum Gasteiger partial charge on any atom is 0.151 e. The Bertz CT molecular complexity index is 590. The van der Waals surface area contributed by atoms with E-state index in [1.807, 2.05) is 6.92 Å². The van der Waals surface area contributed by atoms with Gasteiger partial charge in [0.05, 0.1) is 11.9 Å². The van der Waals surface area contributed by atoms with Crippen LogP contribution in [0.1, 0.15) is 18.4 Å². The standard InChI is InChI=1S/C14H20FNO3S/c1-3-19-9-14(8-16)12(13(14)20(2,17)18)10-5-4-6-11(15)7-10/h4-7,12-13H,3,8-9,16H2,1-2H3/t12-,13-,14-/m1/s1. The Morgan fingerprint density at radius 3 is 2.65 bits per heavy atom. The summed E-state index contributed by atoms with van der Waals surface area (Å²) in [7, 11) is -3.27. The minimum Gasteiger partial charge on any atom is -0.381 e. The molecule has 2 rings (SSSR count). The summed E-state index contributed by atoms with van der Waals surface area (Å²) in [5.74, 6) is -0.672. The van der Waals surface area contributed by atoms with Crippen molar-refractivity contribution in [2.45, 2.75) is 18.1 Å². The van der Waals surface area contributed by atoms with Crippen molar-refractivity contribution in [3.8, 4) is 0 Å². The first kappa shape index (κ1) is 15.4. The van der Waals surface area contributed by atoms with E-state index in [2.05, 4.69) is 0 Å². The molecule has 0 heterocycles. The number of benzene rings is 1. The summed E-state index contributed by atoms with van der Waals surface area (Å²) in [5.41, 5.74) is 5.85. The molecule has 1 aliphatic rings. The van der Waals surface area contributed by atoms with Gasteiger partial charge in [-0.1, -0.05) is 12.1 Å². The van der Waals surface area contributed by atoms with Crippen molar-refractivity contribution in [1.29, 1.82) is 0 Å². The lowest BCUT2D eigenvalue weighted by molar-refractivity contribution is 0.101. The monoisotopic (exact) mass is 301 g/mol. The third kappa shape index (κ3) is 2.60. The second kappa shape index (κ2) is 5.42. The third-order valence-corrected chi connectivity index (χ3v) is 5.67. The first-order valence-electron chi connectivity index (χ1n) is 6.59. The lowest BCUT2D eigenvalue weighted by atomic mass is 10.00. The number of sulfone groups is 1. The molecule has 1 aromatic carbocycles. The second-order valence-corrected chi connectivity index (χ2v) is 7.52. The molecule has 1 saturated carbocycles. The first-order chi connectivity index (χ1) is 9.36. The fourth-order valence-electron chi connectivity index (χ4n) is 3.10. The summed E-state index contributed by atoms with van der Waals surface area (Å²) in [6, 6.07) is 6.06. The van der Waals surface area contributed by atoms with Crippen LogP contribution in [0, 0.1) is 11.2 Å². The van der Waals surface area contributed by atoms with Gasteiger partial charge in [0.25, 0.3) is 0 Å². The number of hydrogen-bond acceptors (Lipinski definition) is 4. The van der Waals surface area contributed by atoms with Crippen molar-refractivity contribution in [3.05, 3.63) is 35.6 Å². The molecule has 0 bridgehead atoms. The zero-order chi connectivity index (χ0) is 15.0. The minimum absolute atomic E-state index is 0.200. The predicted molar refractivity (Wildman–Crippen MR) is 75.8 cm³/mol. The average molecular weight is 301 g/mol. The molecule has 0 unspecified atom stereocenters. The largest absolute Gasteiger partial charge is 0.381 e. The quantitative estimate of drug-likeness (QED) is 0.860. The van der Waals surface area contributed by atoms with Crippen LogP contribution < -0.4 is 5.73 Å². The maximum atomic E-state index is 13.4. The predicted octanol–water partition coefficient (Wildman–Crippen LogP) is 1.32. The number of nitrogens with two attached hydrogens (primary N) is 1. The molecule has 0 spiro atoms. The molecule has 4 nitrogen and oxygen atoms in total. The highest BCUT2D eigenvalue weighted by atomic mass is 32.2. The Labute approximate surface area is 119 Å². The van der Waals surface area contributed by atoms with Crippen LogP contribution in [0.15, 0.2) is 24.3 Å². The summed E-state index contributed by atoms with van der Waals surface area (Å²) in [5, 5.41) is -0.603. The SMILES string of the molecule is CCOC[C@]1(CN)[C@H](c2cccc(F)c2)[C@H]1S(C)(=O)=O. The Kier molecular flexibility index (Phi) is 4.18. The fraction of sp³-hybridized carbons (Fsp3) is 0.571. The van der Waals surface area contributed by atoms with Crippen molar-refractivity contribution >= 4 is 9.84 Å². The molecule has 0 amide bonds. The lowest BCUT2D eigenvalue weighted by Gasteiger charge is -2.15. The van der Waals surface area contributed by atoms with Gasteiger partial charge < -0.3 is 10.5 Å². The Morgan fingerprint density at radius 2 is 2.15 bits per heavy atom. The van der Waals surface area contributed by atoms with E-state index in [0.717, 1.165) is 0 Å². The zero-order valence-corrected chi connectivity index (χ0v) is 12.5. The fourth-order valence-corrected chi connectivity index (χ4v) is 5.11. The first-order valence-corrected chi connectivity index (χ1v) is 8.54. The van der Waals surface area contributed by atoms with Crippen molar-refractivity contribution in [3.63, 3.8) is 0 Å². The highest BCUT2D eigenvalue weighted by molar-refractivity contribution is 7.91. The molecule has 20 heavy (non-hydrogen) atoms. The van der Waals surface area contributed by atoms with E-state index < -0.39 is 20.5 Å². The van der Waals surface area contributed by atoms with Gasteiger partial charge in [-0.05, 0) is 24.6 Å². The van der Waals surface area contributed by atoms with E-state index in [4.69, 9.17) is 10.5 Å². The Hall–Kier alpha value is -0.980. The Morgan fingerprint density at radius 1 is 1.45 bits per heavy atom. The molecule has 0 aliphatic heterocycles. The van der Waals surface area contributed by atoms with Gasteiger partial charge in [-0.2, -0.15) is 0 Å². The van der Waals surface area contributed by atoms with Crippen LogP contribution in [0.25, 0.3) is 0 Å². The van der Waals surface area contributed by atoms with Crippen LogP contribution >= 0.6 is 0 Å². The molecular formula is C14H20FNO3S. The van der Waals surface area contributed by atoms with E-state index in [9.17, 15) is 12.8 Å². The van der Waals surface area contributed by atoms with Gasteiger partial charge in [0, 0.05) is 30.7 Å². The highest BCUT2D eigenvalue weighted by Gasteiger charge is 2.69. The number of ether oxygens (including phenoxy) is 1. The molecule has 0 aromatic heterocycles. The summed E-state index contributed by atoms with van der Waals surface area (Å²) in [6.07, 6.45) is 1.20. The van der Waals surface area contributed by atoms with Crippen LogP contribution in [0.2, 0.25) is 0 Å². The van der Waals surface area contributed by atoms with Crippen LogP contribution in [-0.2, 0) is 14.6 Å². The van der Waals surface area contributed by atoms with Crippen molar-refractivity contribution in [1.82, 2.24) is 0 Å². The molecular weight excluding hydrogens is 281 g/mol. The van der Waals surface area contributed by atoms with Gasteiger partial charge in [0.2, 0.25) is 0 Å².